The minimum atomic E-state index is -0.632. The third-order valence-electron chi connectivity index (χ3n) is 3.52. The molecule has 0 spiro atoms. The quantitative estimate of drug-likeness (QED) is 0.801. The van der Waals surface area contributed by atoms with Crippen molar-refractivity contribution in [1.82, 2.24) is 5.32 Å². The van der Waals surface area contributed by atoms with Crippen molar-refractivity contribution in [2.45, 2.75) is 19.9 Å². The predicted octanol–water partition coefficient (Wildman–Crippen LogP) is 4.34. The molecule has 0 aliphatic heterocycles. The molecule has 0 aliphatic carbocycles. The minimum absolute atomic E-state index is 0.178. The lowest BCUT2D eigenvalue weighted by atomic mass is 10.0. The molecule has 0 aliphatic rings. The Morgan fingerprint density at radius 2 is 1.83 bits per heavy atom. The molecule has 4 nitrogen and oxygen atoms in total. The first-order valence-electron chi connectivity index (χ1n) is 7.35. The van der Waals surface area contributed by atoms with Crippen LogP contribution in [0, 0.1) is 6.92 Å². The molecule has 1 N–H and O–H groups in total. The smallest absolute Gasteiger partial charge is 0.338 e. The van der Waals surface area contributed by atoms with Gasteiger partial charge in [0.05, 0.1) is 21.7 Å². The summed E-state index contributed by atoms with van der Waals surface area (Å²) in [6.45, 7) is 3.48. The largest absolute Gasteiger partial charge is 0.452 e. The number of nitrogens with one attached hydrogen (secondary N) is 1. The van der Waals surface area contributed by atoms with E-state index >= 15 is 0 Å². The minimum Gasteiger partial charge on any atom is -0.452 e. The summed E-state index contributed by atoms with van der Waals surface area (Å²) in [4.78, 5) is 23.9. The molecule has 0 saturated heterocycles. The van der Waals surface area contributed by atoms with Crippen LogP contribution in [0.4, 0.5) is 0 Å². The van der Waals surface area contributed by atoms with Gasteiger partial charge in [0.15, 0.2) is 6.61 Å². The van der Waals surface area contributed by atoms with Crippen LogP contribution in [0.15, 0.2) is 42.5 Å². The molecule has 126 valence electrons. The Morgan fingerprint density at radius 3 is 2.50 bits per heavy atom. The van der Waals surface area contributed by atoms with Crippen LogP contribution in [0.3, 0.4) is 0 Å². The molecule has 0 bridgehead atoms. The Labute approximate surface area is 150 Å². The Bertz CT molecular complexity index is 762. The molecule has 24 heavy (non-hydrogen) atoms. The molecule has 1 atom stereocenters. The van der Waals surface area contributed by atoms with Gasteiger partial charge in [-0.25, -0.2) is 4.79 Å². The van der Waals surface area contributed by atoms with Gasteiger partial charge in [-0.15, -0.1) is 0 Å². The Morgan fingerprint density at radius 1 is 1.12 bits per heavy atom. The monoisotopic (exact) mass is 365 g/mol. The Kier molecular flexibility index (Phi) is 6.23. The summed E-state index contributed by atoms with van der Waals surface area (Å²) < 4.78 is 5.00. The van der Waals surface area contributed by atoms with Gasteiger partial charge in [-0.1, -0.05) is 47.5 Å². The van der Waals surface area contributed by atoms with Crippen LogP contribution >= 0.6 is 23.2 Å². The summed E-state index contributed by atoms with van der Waals surface area (Å²) in [6, 6.07) is 12.0. The van der Waals surface area contributed by atoms with Gasteiger partial charge in [0, 0.05) is 0 Å². The van der Waals surface area contributed by atoms with Gasteiger partial charge in [0.25, 0.3) is 5.91 Å². The van der Waals surface area contributed by atoms with E-state index in [0.717, 1.165) is 11.1 Å². The van der Waals surface area contributed by atoms with Crippen LogP contribution in [0.5, 0.6) is 0 Å². The third kappa shape index (κ3) is 4.73. The van der Waals surface area contributed by atoms with E-state index in [1.807, 2.05) is 38.1 Å². The maximum absolute atomic E-state index is 12.0. The maximum Gasteiger partial charge on any atom is 0.338 e. The first-order valence-corrected chi connectivity index (χ1v) is 8.11. The number of ether oxygens (including phenoxy) is 1. The van der Waals surface area contributed by atoms with Crippen LogP contribution in [-0.4, -0.2) is 18.5 Å². The summed E-state index contributed by atoms with van der Waals surface area (Å²) in [5.74, 6) is -1.01. The highest BCUT2D eigenvalue weighted by molar-refractivity contribution is 6.42. The molecule has 1 amide bonds. The fraction of sp³-hybridized carbons (Fsp3) is 0.222. The van der Waals surface area contributed by atoms with Crippen LogP contribution < -0.4 is 5.32 Å². The highest BCUT2D eigenvalue weighted by Gasteiger charge is 2.14. The topological polar surface area (TPSA) is 55.4 Å². The number of aryl methyl sites for hydroxylation is 1. The van der Waals surface area contributed by atoms with Crippen LogP contribution in [0.2, 0.25) is 10.0 Å². The van der Waals surface area contributed by atoms with Crippen LogP contribution in [0.25, 0.3) is 0 Å². The molecule has 0 aromatic heterocycles. The number of hydrogen-bond acceptors (Lipinski definition) is 3. The van der Waals surface area contributed by atoms with Gasteiger partial charge in [-0.05, 0) is 43.2 Å². The van der Waals surface area contributed by atoms with Crippen molar-refractivity contribution in [3.8, 4) is 0 Å². The second-order valence-electron chi connectivity index (χ2n) is 5.35. The number of halogens is 2. The van der Waals surface area contributed by atoms with E-state index in [2.05, 4.69) is 5.32 Å². The van der Waals surface area contributed by atoms with Gasteiger partial charge < -0.3 is 10.1 Å². The fourth-order valence-electron chi connectivity index (χ4n) is 2.27. The van der Waals surface area contributed by atoms with Crippen molar-refractivity contribution in [3.63, 3.8) is 0 Å². The van der Waals surface area contributed by atoms with E-state index in [4.69, 9.17) is 27.9 Å². The van der Waals surface area contributed by atoms with E-state index in [0.29, 0.717) is 5.02 Å². The fourth-order valence-corrected chi connectivity index (χ4v) is 2.57. The molecule has 6 heteroatoms. The van der Waals surface area contributed by atoms with E-state index in [1.54, 1.807) is 0 Å². The average molecular weight is 366 g/mol. The number of esters is 1. The zero-order valence-electron chi connectivity index (χ0n) is 13.3. The van der Waals surface area contributed by atoms with Crippen LogP contribution in [0.1, 0.15) is 34.5 Å². The molecule has 2 rings (SSSR count). The van der Waals surface area contributed by atoms with Crippen molar-refractivity contribution < 1.29 is 14.3 Å². The molecule has 0 heterocycles. The summed E-state index contributed by atoms with van der Waals surface area (Å²) in [5, 5.41) is 3.40. The second kappa shape index (κ2) is 8.18. The number of carbonyl (C=O) groups excluding carboxylic acids is 2. The zero-order chi connectivity index (χ0) is 17.7. The Balaban J connectivity index is 1.89. The molecular formula is C18H17Cl2NO3. The van der Waals surface area contributed by atoms with Crippen molar-refractivity contribution >= 4 is 35.1 Å². The predicted molar refractivity (Wildman–Crippen MR) is 94.5 cm³/mol. The van der Waals surface area contributed by atoms with Crippen LogP contribution in [-0.2, 0) is 9.53 Å². The molecule has 2 aromatic rings. The standard InChI is InChI=1S/C18H17Cl2NO3/c1-11-5-3-4-6-14(11)12(2)21-17(22)10-24-18(23)13-7-8-15(19)16(20)9-13/h3-9,12H,10H2,1-2H3,(H,21,22). The van der Waals surface area contributed by atoms with Crippen molar-refractivity contribution in [1.29, 1.82) is 0 Å². The maximum atomic E-state index is 12.0. The lowest BCUT2D eigenvalue weighted by Crippen LogP contribution is -2.31. The summed E-state index contributed by atoms with van der Waals surface area (Å²) in [6.07, 6.45) is 0. The van der Waals surface area contributed by atoms with Crippen molar-refractivity contribution in [2.75, 3.05) is 6.61 Å². The normalized spacial score (nSPS) is 11.7. The second-order valence-corrected chi connectivity index (χ2v) is 6.17. The summed E-state index contributed by atoms with van der Waals surface area (Å²) in [5.41, 5.74) is 2.34. The highest BCUT2D eigenvalue weighted by Crippen LogP contribution is 2.23. The number of amides is 1. The summed E-state index contributed by atoms with van der Waals surface area (Å²) >= 11 is 11.6. The van der Waals surface area contributed by atoms with Gasteiger partial charge in [0.1, 0.15) is 0 Å². The van der Waals surface area contributed by atoms with E-state index in [-0.39, 0.29) is 29.1 Å². The zero-order valence-corrected chi connectivity index (χ0v) is 14.8. The third-order valence-corrected chi connectivity index (χ3v) is 4.26. The van der Waals surface area contributed by atoms with E-state index in [9.17, 15) is 9.59 Å². The molecule has 0 radical (unpaired) electrons. The molecule has 1 unspecified atom stereocenters. The average Bonchev–Trinajstić information content (AvgIpc) is 2.55. The van der Waals surface area contributed by atoms with Gasteiger partial charge in [-0.2, -0.15) is 0 Å². The highest BCUT2D eigenvalue weighted by atomic mass is 35.5. The lowest BCUT2D eigenvalue weighted by molar-refractivity contribution is -0.124. The molecule has 2 aromatic carbocycles. The molecular weight excluding hydrogens is 349 g/mol. The van der Waals surface area contributed by atoms with Crippen molar-refractivity contribution in [2.24, 2.45) is 0 Å². The first kappa shape index (κ1) is 18.3. The van der Waals surface area contributed by atoms with Gasteiger partial charge in [-0.3, -0.25) is 4.79 Å². The molecule has 0 fully saturated rings. The van der Waals surface area contributed by atoms with Crippen molar-refractivity contribution in [3.05, 3.63) is 69.2 Å². The number of hydrogen-bond donors (Lipinski definition) is 1. The van der Waals surface area contributed by atoms with E-state index in [1.165, 1.54) is 18.2 Å². The lowest BCUT2D eigenvalue weighted by Gasteiger charge is -2.16. The summed E-state index contributed by atoms with van der Waals surface area (Å²) in [7, 11) is 0. The molecule has 0 saturated carbocycles. The number of rotatable bonds is 5. The number of benzene rings is 2. The first-order chi connectivity index (χ1) is 11.4. The van der Waals surface area contributed by atoms with Gasteiger partial charge >= 0.3 is 5.97 Å². The van der Waals surface area contributed by atoms with E-state index < -0.39 is 5.97 Å². The number of carbonyl (C=O) groups is 2. The van der Waals surface area contributed by atoms with Gasteiger partial charge in [0.2, 0.25) is 0 Å². The SMILES string of the molecule is Cc1ccccc1C(C)NC(=O)COC(=O)c1ccc(Cl)c(Cl)c1. The Hall–Kier alpha value is -2.04.